The van der Waals surface area contributed by atoms with Gasteiger partial charge in [0.05, 0.1) is 5.75 Å². The first-order valence-electron chi connectivity index (χ1n) is 5.89. The molecular weight excluding hydrogens is 248 g/mol. The smallest absolute Gasteiger partial charge is 0.212 e. The molecule has 0 saturated carbocycles. The van der Waals surface area contributed by atoms with Gasteiger partial charge in [-0.3, -0.25) is 4.98 Å². The highest BCUT2D eigenvalue weighted by molar-refractivity contribution is 7.89. The number of sulfonamides is 1. The fourth-order valence-corrected chi connectivity index (χ4v) is 2.91. The molecule has 1 atom stereocenters. The molecule has 1 heterocycles. The van der Waals surface area contributed by atoms with Crippen LogP contribution in [0.15, 0.2) is 24.5 Å². The third kappa shape index (κ3) is 5.30. The van der Waals surface area contributed by atoms with Gasteiger partial charge in [-0.25, -0.2) is 13.1 Å². The minimum atomic E-state index is -3.28. The van der Waals surface area contributed by atoms with E-state index in [0.717, 1.165) is 5.56 Å². The third-order valence-corrected chi connectivity index (χ3v) is 4.05. The first-order chi connectivity index (χ1) is 8.57. The number of aryl methyl sites for hydroxylation is 1. The van der Waals surface area contributed by atoms with E-state index in [9.17, 15) is 8.42 Å². The van der Waals surface area contributed by atoms with E-state index in [1.54, 1.807) is 12.4 Å². The van der Waals surface area contributed by atoms with Gasteiger partial charge in [-0.2, -0.15) is 0 Å². The lowest BCUT2D eigenvalue weighted by Gasteiger charge is -2.14. The molecule has 0 spiro atoms. The minimum Gasteiger partial charge on any atom is -0.265 e. The lowest BCUT2D eigenvalue weighted by Crippen LogP contribution is -2.36. The average molecular weight is 266 g/mol. The fraction of sp³-hybridized carbons (Fsp3) is 0.462. The maximum absolute atomic E-state index is 11.9. The van der Waals surface area contributed by atoms with Crippen LogP contribution in [0.4, 0.5) is 0 Å². The van der Waals surface area contributed by atoms with Gasteiger partial charge in [0.25, 0.3) is 0 Å². The molecule has 0 aliphatic rings. The zero-order valence-corrected chi connectivity index (χ0v) is 11.3. The van der Waals surface area contributed by atoms with Crippen molar-refractivity contribution in [3.8, 4) is 12.3 Å². The lowest BCUT2D eigenvalue weighted by molar-refractivity contribution is 0.543. The number of nitrogens with one attached hydrogen (secondary N) is 1. The van der Waals surface area contributed by atoms with Crippen molar-refractivity contribution in [3.63, 3.8) is 0 Å². The van der Waals surface area contributed by atoms with Crippen molar-refractivity contribution in [1.82, 2.24) is 9.71 Å². The molecule has 0 radical (unpaired) electrons. The second kappa shape index (κ2) is 7.14. The standard InChI is InChI=1S/C13H18N2O2S/c1-3-5-13(4-2)15-18(16,17)11-8-12-6-9-14-10-7-12/h1,6-7,9-10,13,15H,4-5,8,11H2,2H3. The Kier molecular flexibility index (Phi) is 5.83. The Balaban J connectivity index is 2.52. The molecule has 4 nitrogen and oxygen atoms in total. The summed E-state index contributed by atoms with van der Waals surface area (Å²) in [6.07, 6.45) is 10.1. The predicted molar refractivity (Wildman–Crippen MR) is 72.4 cm³/mol. The summed E-state index contributed by atoms with van der Waals surface area (Å²) in [6, 6.07) is 3.46. The highest BCUT2D eigenvalue weighted by atomic mass is 32.2. The van der Waals surface area contributed by atoms with E-state index < -0.39 is 10.0 Å². The molecule has 0 aliphatic carbocycles. The number of hydrogen-bond donors (Lipinski definition) is 1. The molecule has 1 aromatic rings. The van der Waals surface area contributed by atoms with E-state index >= 15 is 0 Å². The van der Waals surface area contributed by atoms with Crippen LogP contribution in [0.25, 0.3) is 0 Å². The Morgan fingerprint density at radius 3 is 2.67 bits per heavy atom. The summed E-state index contributed by atoms with van der Waals surface area (Å²) in [5.41, 5.74) is 0.959. The van der Waals surface area contributed by atoms with Gasteiger partial charge in [-0.1, -0.05) is 6.92 Å². The molecule has 0 saturated heterocycles. The maximum Gasteiger partial charge on any atom is 0.212 e. The van der Waals surface area contributed by atoms with Gasteiger partial charge >= 0.3 is 0 Å². The van der Waals surface area contributed by atoms with Crippen LogP contribution in [0.5, 0.6) is 0 Å². The summed E-state index contributed by atoms with van der Waals surface area (Å²) in [5.74, 6) is 2.55. The SMILES string of the molecule is C#CCC(CC)NS(=O)(=O)CCc1ccncc1. The molecule has 1 unspecified atom stereocenters. The number of aromatic nitrogens is 1. The molecule has 0 aromatic carbocycles. The average Bonchev–Trinajstić information content (AvgIpc) is 2.37. The Morgan fingerprint density at radius 2 is 2.11 bits per heavy atom. The molecular formula is C13H18N2O2S. The van der Waals surface area contributed by atoms with Crippen molar-refractivity contribution in [2.24, 2.45) is 0 Å². The van der Waals surface area contributed by atoms with Crippen LogP contribution in [0.2, 0.25) is 0 Å². The summed E-state index contributed by atoms with van der Waals surface area (Å²) in [5, 5.41) is 0. The van der Waals surface area contributed by atoms with Gasteiger partial charge in [0.15, 0.2) is 0 Å². The van der Waals surface area contributed by atoms with Gasteiger partial charge in [0.2, 0.25) is 10.0 Å². The van der Waals surface area contributed by atoms with Crippen LogP contribution < -0.4 is 4.72 Å². The van der Waals surface area contributed by atoms with Crippen LogP contribution in [0.3, 0.4) is 0 Å². The number of hydrogen-bond acceptors (Lipinski definition) is 3. The molecule has 0 fully saturated rings. The van der Waals surface area contributed by atoms with E-state index in [2.05, 4.69) is 15.6 Å². The quantitative estimate of drug-likeness (QED) is 0.758. The first-order valence-corrected chi connectivity index (χ1v) is 7.55. The largest absolute Gasteiger partial charge is 0.265 e. The zero-order chi connectivity index (χ0) is 13.4. The Hall–Kier alpha value is -1.38. The number of pyridine rings is 1. The van der Waals surface area contributed by atoms with Crippen molar-refractivity contribution < 1.29 is 8.42 Å². The van der Waals surface area contributed by atoms with Crippen molar-refractivity contribution in [1.29, 1.82) is 0 Å². The molecule has 0 aliphatic heterocycles. The van der Waals surface area contributed by atoms with E-state index in [-0.39, 0.29) is 11.8 Å². The fourth-order valence-electron chi connectivity index (χ4n) is 1.53. The second-order valence-corrected chi connectivity index (χ2v) is 5.93. The minimum absolute atomic E-state index is 0.0675. The third-order valence-electron chi connectivity index (χ3n) is 2.61. The highest BCUT2D eigenvalue weighted by Gasteiger charge is 2.15. The van der Waals surface area contributed by atoms with Gasteiger partial charge in [-0.15, -0.1) is 12.3 Å². The molecule has 5 heteroatoms. The van der Waals surface area contributed by atoms with Crippen molar-refractivity contribution in [3.05, 3.63) is 30.1 Å². The van der Waals surface area contributed by atoms with E-state index in [1.165, 1.54) is 0 Å². The summed E-state index contributed by atoms with van der Waals surface area (Å²) >= 11 is 0. The van der Waals surface area contributed by atoms with Gasteiger partial charge in [-0.05, 0) is 30.5 Å². The van der Waals surface area contributed by atoms with Crippen LogP contribution in [0.1, 0.15) is 25.3 Å². The van der Waals surface area contributed by atoms with Gasteiger partial charge in [0.1, 0.15) is 0 Å². The van der Waals surface area contributed by atoms with Crippen molar-refractivity contribution in [2.45, 2.75) is 32.2 Å². The maximum atomic E-state index is 11.9. The van der Waals surface area contributed by atoms with Gasteiger partial charge < -0.3 is 0 Å². The highest BCUT2D eigenvalue weighted by Crippen LogP contribution is 2.03. The van der Waals surface area contributed by atoms with Crippen LogP contribution in [-0.4, -0.2) is 25.2 Å². The monoisotopic (exact) mass is 266 g/mol. The molecule has 1 N–H and O–H groups in total. The molecule has 18 heavy (non-hydrogen) atoms. The summed E-state index contributed by atoms with van der Waals surface area (Å²) in [6.45, 7) is 1.91. The van der Waals surface area contributed by atoms with Crippen molar-refractivity contribution >= 4 is 10.0 Å². The van der Waals surface area contributed by atoms with E-state index in [4.69, 9.17) is 6.42 Å². The molecule has 1 aromatic heterocycles. The number of rotatable bonds is 7. The number of terminal acetylenes is 1. The van der Waals surface area contributed by atoms with Crippen molar-refractivity contribution in [2.75, 3.05) is 5.75 Å². The van der Waals surface area contributed by atoms with Crippen LogP contribution in [-0.2, 0) is 16.4 Å². The van der Waals surface area contributed by atoms with E-state index in [1.807, 2.05) is 19.1 Å². The van der Waals surface area contributed by atoms with Crippen LogP contribution in [0, 0.1) is 12.3 Å². The second-order valence-electron chi connectivity index (χ2n) is 4.06. The Labute approximate surface area is 109 Å². The predicted octanol–water partition coefficient (Wildman–Crippen LogP) is 1.35. The van der Waals surface area contributed by atoms with E-state index in [0.29, 0.717) is 19.3 Å². The zero-order valence-electron chi connectivity index (χ0n) is 10.5. The Bertz CT molecular complexity index is 491. The summed E-state index contributed by atoms with van der Waals surface area (Å²) in [4.78, 5) is 3.89. The molecule has 0 bridgehead atoms. The summed E-state index contributed by atoms with van der Waals surface area (Å²) < 4.78 is 26.3. The molecule has 0 amide bonds. The number of nitrogens with zero attached hydrogens (tertiary/aromatic N) is 1. The molecule has 98 valence electrons. The topological polar surface area (TPSA) is 59.1 Å². The lowest BCUT2D eigenvalue weighted by atomic mass is 10.2. The molecule has 1 rings (SSSR count). The Morgan fingerprint density at radius 1 is 1.44 bits per heavy atom. The normalized spacial score (nSPS) is 12.9. The van der Waals surface area contributed by atoms with Gasteiger partial charge in [0, 0.05) is 24.9 Å². The van der Waals surface area contributed by atoms with Crippen LogP contribution >= 0.6 is 0 Å². The summed E-state index contributed by atoms with van der Waals surface area (Å²) in [7, 11) is -3.28. The first kappa shape index (κ1) is 14.7.